The molecule has 1 aromatic carbocycles. The number of hydrogen-bond donors (Lipinski definition) is 2. The van der Waals surface area contributed by atoms with Gasteiger partial charge in [0, 0.05) is 6.54 Å². The highest BCUT2D eigenvalue weighted by molar-refractivity contribution is 7.89. The third-order valence-electron chi connectivity index (χ3n) is 2.72. The van der Waals surface area contributed by atoms with Crippen LogP contribution in [0.1, 0.15) is 0 Å². The molecule has 0 saturated carbocycles. The van der Waals surface area contributed by atoms with Gasteiger partial charge in [0.05, 0.1) is 15.8 Å². The Morgan fingerprint density at radius 3 is 2.71 bits per heavy atom. The molecule has 3 N–H and O–H groups in total. The molecular weight excluding hydrogens is 296 g/mol. The molecule has 0 aliphatic carbocycles. The molecule has 0 aliphatic rings. The topological polar surface area (TPSA) is 128 Å². The summed E-state index contributed by atoms with van der Waals surface area (Å²) in [6.45, 7) is 3.35. The fraction of sp³-hybridized carbons (Fsp3) is 0.0833. The maximum atomic E-state index is 12.1. The molecular formula is C12H12N4O4S. The number of nitro groups is 1. The molecule has 0 saturated heterocycles. The molecule has 0 spiro atoms. The highest BCUT2D eigenvalue weighted by Crippen LogP contribution is 2.34. The number of benzene rings is 1. The van der Waals surface area contributed by atoms with Gasteiger partial charge in [0.2, 0.25) is 5.03 Å². The first-order valence-corrected chi connectivity index (χ1v) is 7.30. The van der Waals surface area contributed by atoms with Crippen molar-refractivity contribution in [3.05, 3.63) is 47.0 Å². The van der Waals surface area contributed by atoms with Crippen molar-refractivity contribution in [3.8, 4) is 0 Å². The predicted molar refractivity (Wildman–Crippen MR) is 78.2 cm³/mol. The lowest BCUT2D eigenvalue weighted by molar-refractivity contribution is -0.382. The third kappa shape index (κ3) is 2.69. The molecule has 2 rings (SSSR count). The summed E-state index contributed by atoms with van der Waals surface area (Å²) >= 11 is 0. The Labute approximate surface area is 120 Å². The number of nitrogens with zero attached hydrogens (tertiary/aromatic N) is 2. The summed E-state index contributed by atoms with van der Waals surface area (Å²) < 4.78 is 26.4. The summed E-state index contributed by atoms with van der Waals surface area (Å²) in [5.74, 6) is 0. The van der Waals surface area contributed by atoms with Crippen molar-refractivity contribution in [1.29, 1.82) is 0 Å². The zero-order valence-corrected chi connectivity index (χ0v) is 11.6. The molecule has 9 heteroatoms. The van der Waals surface area contributed by atoms with Crippen LogP contribution in [0.3, 0.4) is 0 Å². The Bertz CT molecular complexity index is 833. The van der Waals surface area contributed by atoms with Crippen LogP contribution in [0.15, 0.2) is 41.9 Å². The van der Waals surface area contributed by atoms with Crippen LogP contribution >= 0.6 is 0 Å². The van der Waals surface area contributed by atoms with Crippen molar-refractivity contribution >= 4 is 32.3 Å². The first kappa shape index (κ1) is 14.9. The lowest BCUT2D eigenvalue weighted by Crippen LogP contribution is -2.26. The third-order valence-corrected chi connectivity index (χ3v) is 4.09. The number of aromatic nitrogens is 1. The van der Waals surface area contributed by atoms with Gasteiger partial charge in [-0.05, 0) is 12.1 Å². The van der Waals surface area contributed by atoms with E-state index < -0.39 is 31.3 Å². The number of fused-ring (bicyclic) bond motifs is 1. The number of nitrogens with one attached hydrogen (secondary N) is 1. The Morgan fingerprint density at radius 1 is 1.43 bits per heavy atom. The fourth-order valence-corrected chi connectivity index (χ4v) is 2.90. The molecule has 0 fully saturated rings. The minimum Gasteiger partial charge on any atom is -0.391 e. The number of nitrogen functional groups attached to an aromatic ring is 1. The lowest BCUT2D eigenvalue weighted by atomic mass is 10.2. The molecule has 110 valence electrons. The van der Waals surface area contributed by atoms with Gasteiger partial charge in [-0.3, -0.25) is 10.1 Å². The van der Waals surface area contributed by atoms with E-state index in [9.17, 15) is 18.5 Å². The molecule has 8 nitrogen and oxygen atoms in total. The highest BCUT2D eigenvalue weighted by Gasteiger charge is 2.28. The van der Waals surface area contributed by atoms with E-state index in [-0.39, 0.29) is 17.4 Å². The summed E-state index contributed by atoms with van der Waals surface area (Å²) in [4.78, 5) is 14.4. The highest BCUT2D eigenvalue weighted by atomic mass is 32.2. The minimum absolute atomic E-state index is 0.0376. The van der Waals surface area contributed by atoms with Crippen LogP contribution in [-0.4, -0.2) is 24.9 Å². The summed E-state index contributed by atoms with van der Waals surface area (Å²) in [5.41, 5.74) is 4.87. The quantitative estimate of drug-likeness (QED) is 0.485. The van der Waals surface area contributed by atoms with E-state index in [1.54, 1.807) is 12.1 Å². The number of anilines is 1. The van der Waals surface area contributed by atoms with Crippen LogP contribution in [0.5, 0.6) is 0 Å². The molecule has 0 unspecified atom stereocenters. The van der Waals surface area contributed by atoms with Crippen LogP contribution in [0.2, 0.25) is 0 Å². The Morgan fingerprint density at radius 2 is 2.10 bits per heavy atom. The molecule has 1 heterocycles. The Kier molecular flexibility index (Phi) is 3.87. The second-order valence-corrected chi connectivity index (χ2v) is 5.78. The van der Waals surface area contributed by atoms with E-state index in [0.717, 1.165) is 0 Å². The van der Waals surface area contributed by atoms with Crippen molar-refractivity contribution in [3.63, 3.8) is 0 Å². The van der Waals surface area contributed by atoms with Gasteiger partial charge in [-0.1, -0.05) is 18.2 Å². The fourth-order valence-electron chi connectivity index (χ4n) is 1.83. The summed E-state index contributed by atoms with van der Waals surface area (Å²) in [7, 11) is -4.06. The number of nitrogens with two attached hydrogens (primary N) is 1. The Hall–Kier alpha value is -2.52. The summed E-state index contributed by atoms with van der Waals surface area (Å²) in [6.07, 6.45) is 1.34. The SMILES string of the molecule is C=CCNS(=O)(=O)c1nc2ccccc2c([N+](=O)[O-])c1N. The zero-order valence-electron chi connectivity index (χ0n) is 10.8. The second kappa shape index (κ2) is 5.46. The van der Waals surface area contributed by atoms with Crippen LogP contribution < -0.4 is 10.5 Å². The predicted octanol–water partition coefficient (Wildman–Crippen LogP) is 1.19. The van der Waals surface area contributed by atoms with Gasteiger partial charge in [0.1, 0.15) is 0 Å². The van der Waals surface area contributed by atoms with Crippen LogP contribution in [0, 0.1) is 10.1 Å². The second-order valence-electron chi connectivity index (χ2n) is 4.09. The van der Waals surface area contributed by atoms with Crippen molar-refractivity contribution in [2.24, 2.45) is 0 Å². The van der Waals surface area contributed by atoms with Gasteiger partial charge in [-0.25, -0.2) is 18.1 Å². The number of rotatable bonds is 5. The van der Waals surface area contributed by atoms with Crippen LogP contribution in [0.25, 0.3) is 10.9 Å². The molecule has 0 atom stereocenters. The van der Waals surface area contributed by atoms with Crippen molar-refractivity contribution < 1.29 is 13.3 Å². The van der Waals surface area contributed by atoms with Gasteiger partial charge in [-0.15, -0.1) is 6.58 Å². The molecule has 2 aromatic rings. The van der Waals surface area contributed by atoms with Gasteiger partial charge >= 0.3 is 5.69 Å². The smallest absolute Gasteiger partial charge is 0.304 e. The van der Waals surface area contributed by atoms with Crippen molar-refractivity contribution in [1.82, 2.24) is 9.71 Å². The maximum Gasteiger partial charge on any atom is 0.304 e. The molecule has 0 bridgehead atoms. The zero-order chi connectivity index (χ0) is 15.6. The average Bonchev–Trinajstić information content (AvgIpc) is 2.43. The van der Waals surface area contributed by atoms with E-state index in [2.05, 4.69) is 16.3 Å². The van der Waals surface area contributed by atoms with E-state index in [1.807, 2.05) is 0 Å². The lowest BCUT2D eigenvalue weighted by Gasteiger charge is -2.09. The Balaban J connectivity index is 2.80. The number of sulfonamides is 1. The summed E-state index contributed by atoms with van der Waals surface area (Å²) in [6, 6.07) is 6.13. The van der Waals surface area contributed by atoms with Gasteiger partial charge in [0.25, 0.3) is 10.0 Å². The molecule has 21 heavy (non-hydrogen) atoms. The normalized spacial score (nSPS) is 11.4. The first-order valence-electron chi connectivity index (χ1n) is 5.81. The maximum absolute atomic E-state index is 12.1. The van der Waals surface area contributed by atoms with Gasteiger partial charge in [-0.2, -0.15) is 0 Å². The molecule has 0 radical (unpaired) electrons. The standard InChI is InChI=1S/C12H12N4O4S/c1-2-7-14-21(19,20)12-10(13)11(16(17)18)8-5-3-4-6-9(8)15-12/h2-6,14H,1,7,13H2. The van der Waals surface area contributed by atoms with E-state index >= 15 is 0 Å². The average molecular weight is 308 g/mol. The summed E-state index contributed by atoms with van der Waals surface area (Å²) in [5, 5.41) is 10.8. The van der Waals surface area contributed by atoms with E-state index in [1.165, 1.54) is 18.2 Å². The molecule has 0 aliphatic heterocycles. The van der Waals surface area contributed by atoms with Crippen LogP contribution in [-0.2, 0) is 10.0 Å². The molecule has 0 amide bonds. The monoisotopic (exact) mass is 308 g/mol. The van der Waals surface area contributed by atoms with Gasteiger partial charge < -0.3 is 5.73 Å². The largest absolute Gasteiger partial charge is 0.391 e. The number of para-hydroxylation sites is 1. The van der Waals surface area contributed by atoms with Crippen molar-refractivity contribution in [2.45, 2.75) is 5.03 Å². The molecule has 1 aromatic heterocycles. The number of hydrogen-bond acceptors (Lipinski definition) is 6. The van der Waals surface area contributed by atoms with Crippen LogP contribution in [0.4, 0.5) is 11.4 Å². The van der Waals surface area contributed by atoms with Gasteiger partial charge in [0.15, 0.2) is 5.69 Å². The van der Waals surface area contributed by atoms with E-state index in [0.29, 0.717) is 0 Å². The van der Waals surface area contributed by atoms with E-state index in [4.69, 9.17) is 5.73 Å². The number of pyridine rings is 1. The van der Waals surface area contributed by atoms with Crippen molar-refractivity contribution in [2.75, 3.05) is 12.3 Å². The first-order chi connectivity index (χ1) is 9.88. The minimum atomic E-state index is -4.06.